The Balaban J connectivity index is 1.99. The Labute approximate surface area is 182 Å². The molecule has 7 heteroatoms. The maximum atomic E-state index is 14.8. The van der Waals surface area contributed by atoms with Gasteiger partial charge in [0.05, 0.1) is 11.6 Å². The Kier molecular flexibility index (Phi) is 5.33. The lowest BCUT2D eigenvalue weighted by atomic mass is 9.94. The highest BCUT2D eigenvalue weighted by Gasteiger charge is 2.47. The van der Waals surface area contributed by atoms with E-state index < -0.39 is 35.1 Å². The number of halogens is 3. The molecule has 31 heavy (non-hydrogen) atoms. The molecule has 1 aliphatic heterocycles. The highest BCUT2D eigenvalue weighted by Crippen LogP contribution is 2.43. The van der Waals surface area contributed by atoms with Gasteiger partial charge in [0.2, 0.25) is 0 Å². The van der Waals surface area contributed by atoms with E-state index in [1.807, 2.05) is 0 Å². The average molecular weight is 440 g/mol. The van der Waals surface area contributed by atoms with Crippen LogP contribution < -0.4 is 4.90 Å². The Bertz CT molecular complexity index is 1260. The lowest BCUT2D eigenvalue weighted by Gasteiger charge is -2.26. The first-order chi connectivity index (χ1) is 14.8. The van der Waals surface area contributed by atoms with Gasteiger partial charge in [-0.2, -0.15) is 0 Å². The summed E-state index contributed by atoms with van der Waals surface area (Å²) in [5.74, 6) is -3.56. The number of anilines is 1. The van der Waals surface area contributed by atoms with E-state index in [2.05, 4.69) is 0 Å². The maximum Gasteiger partial charge on any atom is 0.300 e. The summed E-state index contributed by atoms with van der Waals surface area (Å²) in [6.45, 7) is 1.50. The number of rotatable bonds is 3. The number of ketones is 1. The molecule has 1 N–H and O–H groups in total. The van der Waals surface area contributed by atoms with E-state index in [1.165, 1.54) is 43.3 Å². The molecular weight excluding hydrogens is 424 g/mol. The van der Waals surface area contributed by atoms with Crippen LogP contribution in [-0.2, 0) is 9.59 Å². The Morgan fingerprint density at radius 1 is 0.968 bits per heavy atom. The van der Waals surface area contributed by atoms with Crippen molar-refractivity contribution in [1.29, 1.82) is 0 Å². The quantitative estimate of drug-likeness (QED) is 0.330. The molecule has 1 amide bonds. The van der Waals surface area contributed by atoms with Crippen molar-refractivity contribution < 1.29 is 23.5 Å². The largest absolute Gasteiger partial charge is 0.507 e. The van der Waals surface area contributed by atoms with Gasteiger partial charge in [-0.05, 0) is 55.0 Å². The number of carbonyl (C=O) groups is 2. The second-order valence-corrected chi connectivity index (χ2v) is 7.57. The van der Waals surface area contributed by atoms with E-state index in [4.69, 9.17) is 11.6 Å². The molecule has 0 spiro atoms. The molecule has 0 radical (unpaired) electrons. The zero-order valence-corrected chi connectivity index (χ0v) is 17.0. The fraction of sp³-hybridized carbons (Fsp3) is 0.0833. The fourth-order valence-electron chi connectivity index (χ4n) is 3.66. The summed E-state index contributed by atoms with van der Waals surface area (Å²) in [7, 11) is 0. The van der Waals surface area contributed by atoms with E-state index in [1.54, 1.807) is 24.3 Å². The van der Waals surface area contributed by atoms with Gasteiger partial charge >= 0.3 is 0 Å². The second kappa shape index (κ2) is 7.96. The van der Waals surface area contributed by atoms with E-state index in [-0.39, 0.29) is 28.0 Å². The number of amides is 1. The molecular formula is C24H16ClF2NO3. The van der Waals surface area contributed by atoms with Gasteiger partial charge in [-0.1, -0.05) is 35.9 Å². The highest BCUT2D eigenvalue weighted by molar-refractivity contribution is 6.51. The van der Waals surface area contributed by atoms with Crippen molar-refractivity contribution in [2.75, 3.05) is 4.90 Å². The number of aryl methyl sites for hydroxylation is 1. The Hall–Kier alpha value is -3.51. The molecule has 4 rings (SSSR count). The van der Waals surface area contributed by atoms with Crippen LogP contribution in [0, 0.1) is 18.6 Å². The van der Waals surface area contributed by atoms with Gasteiger partial charge in [-0.25, -0.2) is 8.78 Å². The molecule has 0 saturated carbocycles. The van der Waals surface area contributed by atoms with Gasteiger partial charge in [0.25, 0.3) is 11.7 Å². The number of benzene rings is 3. The normalized spacial score (nSPS) is 17.9. The fourth-order valence-corrected chi connectivity index (χ4v) is 3.85. The van der Waals surface area contributed by atoms with E-state index in [0.29, 0.717) is 5.02 Å². The molecule has 1 fully saturated rings. The van der Waals surface area contributed by atoms with Crippen molar-refractivity contribution in [3.05, 3.63) is 106 Å². The number of aliphatic hydroxyl groups excluding tert-OH is 1. The summed E-state index contributed by atoms with van der Waals surface area (Å²) in [5, 5.41) is 11.3. The molecule has 1 saturated heterocycles. The van der Waals surface area contributed by atoms with Gasteiger partial charge in [-0.15, -0.1) is 0 Å². The van der Waals surface area contributed by atoms with Crippen LogP contribution in [-0.4, -0.2) is 16.8 Å². The van der Waals surface area contributed by atoms with Crippen LogP contribution in [0.15, 0.2) is 72.3 Å². The van der Waals surface area contributed by atoms with Gasteiger partial charge in [0, 0.05) is 21.8 Å². The molecule has 1 atom stereocenters. The van der Waals surface area contributed by atoms with Crippen molar-refractivity contribution in [2.24, 2.45) is 0 Å². The number of hydrogen-bond acceptors (Lipinski definition) is 3. The molecule has 156 valence electrons. The third-order valence-corrected chi connectivity index (χ3v) is 5.40. The standard InChI is InChI=1S/C24H16ClF2NO3/c1-13-11-14(9-10-18(13)26)22(29)20-21(17-7-2-3-8-19(17)27)28(24(31)23(20)30)16-6-4-5-15(25)12-16/h2-12,21,29H,1H3/b22-20+. The molecule has 3 aromatic rings. The van der Waals surface area contributed by atoms with Gasteiger partial charge in [0.15, 0.2) is 0 Å². The monoisotopic (exact) mass is 439 g/mol. The molecule has 1 aliphatic rings. The third-order valence-electron chi connectivity index (χ3n) is 5.16. The van der Waals surface area contributed by atoms with Gasteiger partial charge < -0.3 is 5.11 Å². The van der Waals surface area contributed by atoms with Crippen molar-refractivity contribution in [2.45, 2.75) is 13.0 Å². The van der Waals surface area contributed by atoms with Crippen molar-refractivity contribution >= 4 is 34.7 Å². The van der Waals surface area contributed by atoms with Crippen LogP contribution in [0.2, 0.25) is 5.02 Å². The topological polar surface area (TPSA) is 57.6 Å². The Morgan fingerprint density at radius 2 is 1.71 bits per heavy atom. The van der Waals surface area contributed by atoms with Crippen molar-refractivity contribution in [1.82, 2.24) is 0 Å². The van der Waals surface area contributed by atoms with E-state index >= 15 is 0 Å². The van der Waals surface area contributed by atoms with Crippen LogP contribution in [0.3, 0.4) is 0 Å². The maximum absolute atomic E-state index is 14.8. The van der Waals surface area contributed by atoms with Gasteiger partial charge in [-0.3, -0.25) is 14.5 Å². The minimum atomic E-state index is -1.23. The van der Waals surface area contributed by atoms with Crippen LogP contribution in [0.5, 0.6) is 0 Å². The minimum Gasteiger partial charge on any atom is -0.507 e. The van der Waals surface area contributed by atoms with Crippen molar-refractivity contribution in [3.8, 4) is 0 Å². The van der Waals surface area contributed by atoms with Crippen LogP contribution in [0.25, 0.3) is 5.76 Å². The first kappa shape index (κ1) is 20.8. The first-order valence-corrected chi connectivity index (χ1v) is 9.75. The number of Topliss-reactive ketones (excluding diaryl/α,β-unsaturated/α-hetero) is 1. The summed E-state index contributed by atoms with van der Waals surface area (Å²) >= 11 is 6.07. The Morgan fingerprint density at radius 3 is 2.39 bits per heavy atom. The van der Waals surface area contributed by atoms with E-state index in [9.17, 15) is 23.5 Å². The van der Waals surface area contributed by atoms with Gasteiger partial charge in [0.1, 0.15) is 17.4 Å². The van der Waals surface area contributed by atoms with Crippen LogP contribution in [0.1, 0.15) is 22.7 Å². The zero-order valence-electron chi connectivity index (χ0n) is 16.3. The number of carbonyl (C=O) groups excluding carboxylic acids is 2. The zero-order chi connectivity index (χ0) is 22.3. The number of hydrogen-bond donors (Lipinski definition) is 1. The SMILES string of the molecule is Cc1cc(/C(O)=C2\C(=O)C(=O)N(c3cccc(Cl)c3)C2c2ccccc2F)ccc1F. The summed E-state index contributed by atoms with van der Waals surface area (Å²) in [6, 6.07) is 14.5. The van der Waals surface area contributed by atoms with E-state index in [0.717, 1.165) is 11.0 Å². The number of nitrogens with zero attached hydrogens (tertiary/aromatic N) is 1. The second-order valence-electron chi connectivity index (χ2n) is 7.13. The molecule has 0 aliphatic carbocycles. The van der Waals surface area contributed by atoms with Crippen LogP contribution in [0.4, 0.5) is 14.5 Å². The minimum absolute atomic E-state index is 0.0297. The molecule has 1 unspecified atom stereocenters. The average Bonchev–Trinajstić information content (AvgIpc) is 3.00. The number of aliphatic hydroxyl groups is 1. The molecule has 0 aromatic heterocycles. The smallest absolute Gasteiger partial charge is 0.300 e. The summed E-state index contributed by atoms with van der Waals surface area (Å²) in [5.41, 5.74) is 0.403. The van der Waals surface area contributed by atoms with Crippen molar-refractivity contribution in [3.63, 3.8) is 0 Å². The summed E-state index contributed by atoms with van der Waals surface area (Å²) in [4.78, 5) is 27.1. The predicted octanol–water partition coefficient (Wildman–Crippen LogP) is 5.55. The molecule has 1 heterocycles. The lowest BCUT2D eigenvalue weighted by molar-refractivity contribution is -0.132. The van der Waals surface area contributed by atoms with Crippen LogP contribution >= 0.6 is 11.6 Å². The predicted molar refractivity (Wildman–Crippen MR) is 114 cm³/mol. The first-order valence-electron chi connectivity index (χ1n) is 9.37. The third kappa shape index (κ3) is 3.59. The molecule has 0 bridgehead atoms. The lowest BCUT2D eigenvalue weighted by Crippen LogP contribution is -2.29. The highest BCUT2D eigenvalue weighted by atomic mass is 35.5. The molecule has 3 aromatic carbocycles. The summed E-state index contributed by atoms with van der Waals surface area (Å²) in [6.07, 6.45) is 0. The summed E-state index contributed by atoms with van der Waals surface area (Å²) < 4.78 is 28.5. The molecule has 4 nitrogen and oxygen atoms in total.